The molecule has 28 heavy (non-hydrogen) atoms. The molecule has 1 heterocycles. The van der Waals surface area contributed by atoms with Gasteiger partial charge in [-0.25, -0.2) is 4.98 Å². The Balaban J connectivity index is 1.88. The van der Waals surface area contributed by atoms with E-state index in [0.29, 0.717) is 23.1 Å². The second-order valence-electron chi connectivity index (χ2n) is 5.82. The van der Waals surface area contributed by atoms with Crippen LogP contribution in [0.15, 0.2) is 47.3 Å². The molecule has 0 aliphatic rings. The highest BCUT2D eigenvalue weighted by Crippen LogP contribution is 2.25. The van der Waals surface area contributed by atoms with Gasteiger partial charge in [-0.15, -0.1) is 0 Å². The Labute approximate surface area is 159 Å². The van der Waals surface area contributed by atoms with Crippen molar-refractivity contribution in [1.82, 2.24) is 15.0 Å². The van der Waals surface area contributed by atoms with Gasteiger partial charge in [-0.1, -0.05) is 12.1 Å². The second-order valence-corrected chi connectivity index (χ2v) is 5.82. The summed E-state index contributed by atoms with van der Waals surface area (Å²) < 4.78 is 1.38. The number of anilines is 2. The minimum absolute atomic E-state index is 0.0874. The zero-order valence-electron chi connectivity index (χ0n) is 15.2. The molecule has 0 fully saturated rings. The number of para-hydroxylation sites is 1. The average Bonchev–Trinajstić information content (AvgIpc) is 2.71. The van der Waals surface area contributed by atoms with Crippen LogP contribution >= 0.6 is 0 Å². The summed E-state index contributed by atoms with van der Waals surface area (Å²) in [5, 5.41) is 14.3. The molecular weight excluding hydrogens is 364 g/mol. The summed E-state index contributed by atoms with van der Waals surface area (Å²) in [7, 11) is 1.55. The number of hydrazine groups is 1. The van der Waals surface area contributed by atoms with Crippen LogP contribution in [0.25, 0.3) is 10.9 Å². The number of hydrogen-bond acceptors (Lipinski definition) is 7. The lowest BCUT2D eigenvalue weighted by Gasteiger charge is -2.14. The van der Waals surface area contributed by atoms with E-state index in [2.05, 4.69) is 21.2 Å². The number of amides is 1. The van der Waals surface area contributed by atoms with Crippen molar-refractivity contribution in [3.63, 3.8) is 0 Å². The highest BCUT2D eigenvalue weighted by Gasteiger charge is 2.17. The van der Waals surface area contributed by atoms with Crippen molar-refractivity contribution in [3.8, 4) is 0 Å². The van der Waals surface area contributed by atoms with Crippen LogP contribution in [-0.2, 0) is 6.54 Å². The molecule has 0 spiro atoms. The molecule has 2 aromatic carbocycles. The molecule has 3 N–H and O–H groups in total. The van der Waals surface area contributed by atoms with E-state index >= 15 is 0 Å². The van der Waals surface area contributed by atoms with Crippen LogP contribution in [0.3, 0.4) is 0 Å². The summed E-state index contributed by atoms with van der Waals surface area (Å²) in [6, 6.07) is 11.0. The first-order valence-electron chi connectivity index (χ1n) is 8.48. The highest BCUT2D eigenvalue weighted by atomic mass is 16.6. The van der Waals surface area contributed by atoms with Gasteiger partial charge in [0.15, 0.2) is 0 Å². The molecule has 0 aliphatic heterocycles. The maximum Gasteiger partial charge on any atom is 0.293 e. The first kappa shape index (κ1) is 18.8. The Hall–Kier alpha value is -3.95. The fourth-order valence-electron chi connectivity index (χ4n) is 2.78. The number of fused-ring (bicyclic) bond motifs is 1. The smallest absolute Gasteiger partial charge is 0.293 e. The van der Waals surface area contributed by atoms with E-state index in [0.717, 1.165) is 0 Å². The van der Waals surface area contributed by atoms with Gasteiger partial charge >= 0.3 is 0 Å². The molecule has 0 radical (unpaired) electrons. The lowest BCUT2D eigenvalue weighted by molar-refractivity contribution is -0.384. The van der Waals surface area contributed by atoms with Crippen molar-refractivity contribution in [3.05, 3.63) is 68.5 Å². The fourth-order valence-corrected chi connectivity index (χ4v) is 2.78. The zero-order chi connectivity index (χ0) is 20.3. The minimum Gasteiger partial charge on any atom is -0.383 e. The molecule has 0 atom stereocenters. The summed E-state index contributed by atoms with van der Waals surface area (Å²) in [4.78, 5) is 39.9. The van der Waals surface area contributed by atoms with Crippen LogP contribution in [0, 0.1) is 10.1 Å². The van der Waals surface area contributed by atoms with Crippen molar-refractivity contribution < 1.29 is 9.72 Å². The number of nitro benzene ring substituents is 1. The number of rotatable bonds is 6. The third kappa shape index (κ3) is 3.47. The van der Waals surface area contributed by atoms with Gasteiger partial charge in [-0.05, 0) is 31.2 Å². The molecule has 144 valence electrons. The number of nitro groups is 1. The van der Waals surface area contributed by atoms with E-state index in [1.807, 2.05) is 0 Å². The number of nitrogens with zero attached hydrogens (tertiary/aromatic N) is 3. The Morgan fingerprint density at radius 1 is 1.25 bits per heavy atom. The molecule has 0 saturated heterocycles. The third-order valence-electron chi connectivity index (χ3n) is 4.19. The van der Waals surface area contributed by atoms with Gasteiger partial charge in [0.1, 0.15) is 5.69 Å². The van der Waals surface area contributed by atoms with Crippen molar-refractivity contribution in [2.75, 3.05) is 17.8 Å². The lowest BCUT2D eigenvalue weighted by atomic mass is 10.1. The molecule has 0 saturated carbocycles. The van der Waals surface area contributed by atoms with Gasteiger partial charge < -0.3 is 5.32 Å². The molecule has 1 aromatic heterocycles. The molecule has 10 nitrogen and oxygen atoms in total. The summed E-state index contributed by atoms with van der Waals surface area (Å²) in [5.41, 5.74) is 5.49. The Bertz CT molecular complexity index is 1120. The standard InChI is InChI=1S/C18H18N6O4/c1-3-23-17(26)12-6-4-5-7-13(12)20-18(23)22-21-16(25)11-8-9-14(19-2)15(10-11)24(27)28/h4-10,19H,3H2,1-2H3,(H,20,22)(H,21,25). The average molecular weight is 382 g/mol. The Kier molecular flexibility index (Phi) is 5.21. The third-order valence-corrected chi connectivity index (χ3v) is 4.19. The number of carbonyl (C=O) groups excluding carboxylic acids is 1. The number of aromatic nitrogens is 2. The van der Waals surface area contributed by atoms with Crippen LogP contribution in [0.5, 0.6) is 0 Å². The quantitative estimate of drug-likeness (QED) is 0.439. The normalized spacial score (nSPS) is 10.5. The number of nitrogens with one attached hydrogen (secondary N) is 3. The molecule has 3 aromatic rings. The predicted molar refractivity (Wildman–Crippen MR) is 105 cm³/mol. The predicted octanol–water partition coefficient (Wildman–Crippen LogP) is 2.12. The summed E-state index contributed by atoms with van der Waals surface area (Å²) in [5.74, 6) is -0.434. The first-order chi connectivity index (χ1) is 13.5. The Morgan fingerprint density at radius 2 is 2.00 bits per heavy atom. The van der Waals surface area contributed by atoms with Gasteiger partial charge in [-0.2, -0.15) is 0 Å². The van der Waals surface area contributed by atoms with E-state index < -0.39 is 10.8 Å². The van der Waals surface area contributed by atoms with Crippen molar-refractivity contribution >= 4 is 34.1 Å². The van der Waals surface area contributed by atoms with Gasteiger partial charge in [0.25, 0.3) is 17.2 Å². The van der Waals surface area contributed by atoms with Crippen LogP contribution < -0.4 is 21.7 Å². The molecule has 0 unspecified atom stereocenters. The van der Waals surface area contributed by atoms with Crippen LogP contribution in [-0.4, -0.2) is 27.4 Å². The fraction of sp³-hybridized carbons (Fsp3) is 0.167. The van der Waals surface area contributed by atoms with E-state index in [1.54, 1.807) is 38.2 Å². The summed E-state index contributed by atoms with van der Waals surface area (Å²) >= 11 is 0. The lowest BCUT2D eigenvalue weighted by Crippen LogP contribution is -2.34. The maximum atomic E-state index is 12.6. The summed E-state index contributed by atoms with van der Waals surface area (Å²) in [6.45, 7) is 2.13. The zero-order valence-corrected chi connectivity index (χ0v) is 15.2. The molecule has 10 heteroatoms. The van der Waals surface area contributed by atoms with Gasteiger partial charge in [0, 0.05) is 25.2 Å². The molecule has 3 rings (SSSR count). The highest BCUT2D eigenvalue weighted by molar-refractivity contribution is 5.96. The molecular formula is C18H18N6O4. The van der Waals surface area contributed by atoms with E-state index in [4.69, 9.17) is 0 Å². The number of benzene rings is 2. The topological polar surface area (TPSA) is 131 Å². The second kappa shape index (κ2) is 7.74. The van der Waals surface area contributed by atoms with Crippen LogP contribution in [0.1, 0.15) is 17.3 Å². The van der Waals surface area contributed by atoms with Gasteiger partial charge in [0.2, 0.25) is 5.95 Å². The van der Waals surface area contributed by atoms with E-state index in [9.17, 15) is 19.7 Å². The number of carbonyl (C=O) groups is 1. The molecule has 0 aliphatic carbocycles. The SMILES string of the molecule is CCn1c(NNC(=O)c2ccc(NC)c([N+](=O)[O-])c2)nc2ccccc2c1=O. The van der Waals surface area contributed by atoms with Crippen molar-refractivity contribution in [2.24, 2.45) is 0 Å². The van der Waals surface area contributed by atoms with Crippen molar-refractivity contribution in [2.45, 2.75) is 13.5 Å². The number of hydrogen-bond donors (Lipinski definition) is 3. The monoisotopic (exact) mass is 382 g/mol. The van der Waals surface area contributed by atoms with E-state index in [1.165, 1.54) is 22.8 Å². The van der Waals surface area contributed by atoms with Crippen molar-refractivity contribution in [1.29, 1.82) is 0 Å². The summed E-state index contributed by atoms with van der Waals surface area (Å²) in [6.07, 6.45) is 0. The van der Waals surface area contributed by atoms with Gasteiger partial charge in [-0.3, -0.25) is 35.1 Å². The van der Waals surface area contributed by atoms with Crippen LogP contribution in [0.4, 0.5) is 17.3 Å². The van der Waals surface area contributed by atoms with Gasteiger partial charge in [0.05, 0.1) is 15.8 Å². The Morgan fingerprint density at radius 3 is 2.68 bits per heavy atom. The van der Waals surface area contributed by atoms with E-state index in [-0.39, 0.29) is 22.8 Å². The van der Waals surface area contributed by atoms with Crippen LogP contribution in [0.2, 0.25) is 0 Å². The molecule has 1 amide bonds. The first-order valence-corrected chi connectivity index (χ1v) is 8.48. The largest absolute Gasteiger partial charge is 0.383 e. The maximum absolute atomic E-state index is 12.6. The minimum atomic E-state index is -0.601. The molecule has 0 bridgehead atoms.